The van der Waals surface area contributed by atoms with Gasteiger partial charge in [-0.2, -0.15) is 0 Å². The minimum absolute atomic E-state index is 0.0445. The SMILES string of the molecule is COc1cc(CCCC(=O)O)cc(OC)c1O. The van der Waals surface area contributed by atoms with Gasteiger partial charge in [-0.3, -0.25) is 4.79 Å². The van der Waals surface area contributed by atoms with Crippen LogP contribution in [-0.4, -0.2) is 30.4 Å². The second-order valence-corrected chi connectivity index (χ2v) is 3.60. The summed E-state index contributed by atoms with van der Waals surface area (Å²) in [6.07, 6.45) is 1.25. The van der Waals surface area contributed by atoms with Crippen LogP contribution in [0.25, 0.3) is 0 Å². The molecule has 0 bridgehead atoms. The van der Waals surface area contributed by atoms with Gasteiger partial charge in [0.15, 0.2) is 11.5 Å². The van der Waals surface area contributed by atoms with Gasteiger partial charge >= 0.3 is 5.97 Å². The number of hydrogen-bond donors (Lipinski definition) is 2. The van der Waals surface area contributed by atoms with Gasteiger partial charge in [-0.1, -0.05) is 0 Å². The predicted molar refractivity (Wildman–Crippen MR) is 61.8 cm³/mol. The summed E-state index contributed by atoms with van der Waals surface area (Å²) in [7, 11) is 2.91. The largest absolute Gasteiger partial charge is 0.502 e. The standard InChI is InChI=1S/C12H16O5/c1-16-9-6-8(4-3-5-11(13)14)7-10(17-2)12(9)15/h6-7,15H,3-5H2,1-2H3,(H,13,14). The van der Waals surface area contributed by atoms with E-state index in [1.807, 2.05) is 0 Å². The zero-order chi connectivity index (χ0) is 12.8. The molecule has 1 aromatic carbocycles. The molecule has 0 spiro atoms. The van der Waals surface area contributed by atoms with Crippen molar-refractivity contribution in [3.63, 3.8) is 0 Å². The fraction of sp³-hybridized carbons (Fsp3) is 0.417. The van der Waals surface area contributed by atoms with Crippen LogP contribution in [0.4, 0.5) is 0 Å². The number of carbonyl (C=O) groups is 1. The second-order valence-electron chi connectivity index (χ2n) is 3.60. The maximum atomic E-state index is 10.4. The Morgan fingerprint density at radius 2 is 1.76 bits per heavy atom. The Bertz CT molecular complexity index is 375. The van der Waals surface area contributed by atoms with Gasteiger partial charge in [-0.25, -0.2) is 0 Å². The van der Waals surface area contributed by atoms with Crippen molar-refractivity contribution in [2.75, 3.05) is 14.2 Å². The van der Waals surface area contributed by atoms with E-state index in [0.29, 0.717) is 24.3 Å². The van der Waals surface area contributed by atoms with E-state index in [0.717, 1.165) is 5.56 Å². The first kappa shape index (κ1) is 13.2. The van der Waals surface area contributed by atoms with Crippen LogP contribution in [0.5, 0.6) is 17.2 Å². The molecule has 5 heteroatoms. The first-order valence-electron chi connectivity index (χ1n) is 5.24. The van der Waals surface area contributed by atoms with E-state index in [2.05, 4.69) is 0 Å². The maximum Gasteiger partial charge on any atom is 0.303 e. The number of hydrogen-bond acceptors (Lipinski definition) is 4. The number of methoxy groups -OCH3 is 2. The van der Waals surface area contributed by atoms with Crippen LogP contribution in [0.2, 0.25) is 0 Å². The van der Waals surface area contributed by atoms with Gasteiger partial charge in [-0.15, -0.1) is 0 Å². The van der Waals surface area contributed by atoms with Gasteiger partial charge in [0.2, 0.25) is 5.75 Å². The summed E-state index contributed by atoms with van der Waals surface area (Å²) in [6.45, 7) is 0. The zero-order valence-corrected chi connectivity index (χ0v) is 9.90. The number of phenolic OH excluding ortho intramolecular Hbond substituents is 1. The summed E-state index contributed by atoms with van der Waals surface area (Å²) in [5.41, 5.74) is 0.873. The quantitative estimate of drug-likeness (QED) is 0.793. The van der Waals surface area contributed by atoms with Gasteiger partial charge in [0.05, 0.1) is 14.2 Å². The molecule has 0 unspecified atom stereocenters. The van der Waals surface area contributed by atoms with E-state index in [9.17, 15) is 9.90 Å². The normalized spacial score (nSPS) is 10.0. The third-order valence-corrected chi connectivity index (χ3v) is 2.40. The number of carboxylic acids is 1. The highest BCUT2D eigenvalue weighted by Crippen LogP contribution is 2.37. The van der Waals surface area contributed by atoms with E-state index in [1.54, 1.807) is 12.1 Å². The molecule has 0 aliphatic carbocycles. The van der Waals surface area contributed by atoms with E-state index in [1.165, 1.54) is 14.2 Å². The number of ether oxygens (including phenoxy) is 2. The van der Waals surface area contributed by atoms with E-state index >= 15 is 0 Å². The zero-order valence-electron chi connectivity index (χ0n) is 9.90. The lowest BCUT2D eigenvalue weighted by molar-refractivity contribution is -0.137. The fourth-order valence-corrected chi connectivity index (χ4v) is 1.54. The van der Waals surface area contributed by atoms with Crippen LogP contribution in [0.1, 0.15) is 18.4 Å². The molecule has 0 saturated heterocycles. The third-order valence-electron chi connectivity index (χ3n) is 2.40. The molecule has 0 heterocycles. The summed E-state index contributed by atoms with van der Waals surface area (Å²) in [5, 5.41) is 18.2. The Balaban J connectivity index is 2.82. The Kier molecular flexibility index (Phi) is 4.63. The number of benzene rings is 1. The molecule has 2 N–H and O–H groups in total. The van der Waals surface area contributed by atoms with Crippen LogP contribution in [-0.2, 0) is 11.2 Å². The van der Waals surface area contributed by atoms with Crippen LogP contribution in [0.15, 0.2) is 12.1 Å². The Morgan fingerprint density at radius 1 is 1.24 bits per heavy atom. The van der Waals surface area contributed by atoms with Crippen molar-refractivity contribution < 1.29 is 24.5 Å². The summed E-state index contributed by atoms with van der Waals surface area (Å²) in [6, 6.07) is 3.36. The molecule has 94 valence electrons. The minimum Gasteiger partial charge on any atom is -0.502 e. The van der Waals surface area contributed by atoms with Crippen molar-refractivity contribution in [1.82, 2.24) is 0 Å². The number of aromatic hydroxyl groups is 1. The first-order valence-corrected chi connectivity index (χ1v) is 5.24. The van der Waals surface area contributed by atoms with E-state index < -0.39 is 5.97 Å². The Labute approximate surface area is 99.6 Å². The van der Waals surface area contributed by atoms with Crippen molar-refractivity contribution in [3.05, 3.63) is 17.7 Å². The number of aliphatic carboxylic acids is 1. The van der Waals surface area contributed by atoms with Crippen LogP contribution in [0.3, 0.4) is 0 Å². The van der Waals surface area contributed by atoms with Crippen molar-refractivity contribution >= 4 is 5.97 Å². The summed E-state index contributed by atoms with van der Waals surface area (Å²) >= 11 is 0. The maximum absolute atomic E-state index is 10.4. The lowest BCUT2D eigenvalue weighted by Gasteiger charge is -2.10. The van der Waals surface area contributed by atoms with Crippen molar-refractivity contribution in [3.8, 4) is 17.2 Å². The number of carboxylic acid groups (broad SMARTS) is 1. The predicted octanol–water partition coefficient (Wildman–Crippen LogP) is 1.82. The molecule has 1 rings (SSSR count). The Morgan fingerprint density at radius 3 is 2.18 bits per heavy atom. The average molecular weight is 240 g/mol. The first-order chi connectivity index (χ1) is 8.08. The molecule has 0 saturated carbocycles. The summed E-state index contributed by atoms with van der Waals surface area (Å²) in [5.74, 6) is -0.205. The van der Waals surface area contributed by atoms with Crippen molar-refractivity contribution in [2.24, 2.45) is 0 Å². The van der Waals surface area contributed by atoms with E-state index in [-0.39, 0.29) is 12.2 Å². The average Bonchev–Trinajstić information content (AvgIpc) is 2.30. The minimum atomic E-state index is -0.817. The van der Waals surface area contributed by atoms with Crippen LogP contribution in [0, 0.1) is 0 Å². The molecule has 0 atom stereocenters. The highest BCUT2D eigenvalue weighted by Gasteiger charge is 2.11. The van der Waals surface area contributed by atoms with Crippen molar-refractivity contribution in [1.29, 1.82) is 0 Å². The highest BCUT2D eigenvalue weighted by molar-refractivity contribution is 5.66. The van der Waals surface area contributed by atoms with E-state index in [4.69, 9.17) is 14.6 Å². The molecule has 1 aromatic rings. The number of rotatable bonds is 6. The Hall–Kier alpha value is -1.91. The molecule has 0 fully saturated rings. The molecule has 0 aliphatic rings. The van der Waals surface area contributed by atoms with Gasteiger partial charge in [0.25, 0.3) is 0 Å². The second kappa shape index (κ2) is 5.98. The topological polar surface area (TPSA) is 76.0 Å². The fourth-order valence-electron chi connectivity index (χ4n) is 1.54. The molecule has 0 amide bonds. The smallest absolute Gasteiger partial charge is 0.303 e. The van der Waals surface area contributed by atoms with Gasteiger partial charge < -0.3 is 19.7 Å². The lowest BCUT2D eigenvalue weighted by Crippen LogP contribution is -1.97. The van der Waals surface area contributed by atoms with Gasteiger partial charge in [-0.05, 0) is 30.5 Å². The molecule has 5 nitrogen and oxygen atoms in total. The summed E-state index contributed by atoms with van der Waals surface area (Å²) < 4.78 is 10.0. The third kappa shape index (κ3) is 3.55. The van der Waals surface area contributed by atoms with Crippen LogP contribution < -0.4 is 9.47 Å². The molecule has 17 heavy (non-hydrogen) atoms. The van der Waals surface area contributed by atoms with Crippen molar-refractivity contribution in [2.45, 2.75) is 19.3 Å². The number of aryl methyl sites for hydroxylation is 1. The molecular weight excluding hydrogens is 224 g/mol. The molecule has 0 aromatic heterocycles. The molecule has 0 radical (unpaired) electrons. The summed E-state index contributed by atoms with van der Waals surface area (Å²) in [4.78, 5) is 10.4. The molecular formula is C12H16O5. The highest BCUT2D eigenvalue weighted by atomic mass is 16.5. The van der Waals surface area contributed by atoms with Gasteiger partial charge in [0, 0.05) is 6.42 Å². The monoisotopic (exact) mass is 240 g/mol. The lowest BCUT2D eigenvalue weighted by atomic mass is 10.1. The molecule has 0 aliphatic heterocycles. The van der Waals surface area contributed by atoms with Gasteiger partial charge in [0.1, 0.15) is 0 Å². The van der Waals surface area contributed by atoms with Crippen LogP contribution >= 0.6 is 0 Å². The number of phenols is 1.